The third kappa shape index (κ3) is 3.65. The van der Waals surface area contributed by atoms with Crippen LogP contribution in [0.2, 0.25) is 0 Å². The first kappa shape index (κ1) is 17.8. The summed E-state index contributed by atoms with van der Waals surface area (Å²) in [5.41, 5.74) is 14.5. The predicted octanol–water partition coefficient (Wildman–Crippen LogP) is 1.17. The number of nitrogens with zero attached hydrogens (tertiary/aromatic N) is 4. The summed E-state index contributed by atoms with van der Waals surface area (Å²) in [4.78, 5) is 0.827. The number of pyridine rings is 1. The van der Waals surface area contributed by atoms with Gasteiger partial charge in [-0.1, -0.05) is 19.1 Å². The molecule has 1 atom stereocenters. The molecule has 26 heavy (non-hydrogen) atoms. The quantitative estimate of drug-likeness (QED) is 0.305. The molecule has 1 unspecified atom stereocenters. The minimum Gasteiger partial charge on any atom is -0.369 e. The molecule has 0 bridgehead atoms. The van der Waals surface area contributed by atoms with E-state index in [2.05, 4.69) is 14.8 Å². The van der Waals surface area contributed by atoms with Crippen LogP contribution in [0.5, 0.6) is 0 Å². The third-order valence-corrected chi connectivity index (χ3v) is 5.30. The number of imidazole rings is 1. The first-order valence-electron chi connectivity index (χ1n) is 8.11. The van der Waals surface area contributed by atoms with E-state index in [1.165, 1.54) is 0 Å². The van der Waals surface area contributed by atoms with Gasteiger partial charge in [0.2, 0.25) is 5.96 Å². The van der Waals surface area contributed by atoms with E-state index in [1.54, 1.807) is 6.21 Å². The van der Waals surface area contributed by atoms with Crippen molar-refractivity contribution in [1.82, 2.24) is 4.57 Å². The molecule has 0 radical (unpaired) electrons. The third-order valence-electron chi connectivity index (χ3n) is 4.01. The van der Waals surface area contributed by atoms with Crippen LogP contribution in [0, 0.1) is 0 Å². The molecule has 0 aliphatic heterocycles. The van der Waals surface area contributed by atoms with Crippen LogP contribution in [0.15, 0.2) is 63.9 Å². The second-order valence-electron chi connectivity index (χ2n) is 5.73. The number of rotatable bonds is 5. The zero-order chi connectivity index (χ0) is 18.7. The molecular weight excluding hydrogens is 348 g/mol. The van der Waals surface area contributed by atoms with Crippen molar-refractivity contribution >= 4 is 28.6 Å². The normalized spacial score (nSPS) is 12.5. The molecule has 0 saturated carbocycles. The molecule has 0 spiro atoms. The van der Waals surface area contributed by atoms with Crippen molar-refractivity contribution in [3.8, 4) is 11.3 Å². The summed E-state index contributed by atoms with van der Waals surface area (Å²) in [6, 6.07) is 11.8. The van der Waals surface area contributed by atoms with Gasteiger partial charge in [0.25, 0.3) is 5.65 Å². The first-order chi connectivity index (χ1) is 12.5. The number of fused-ring (bicyclic) bond motifs is 1. The van der Waals surface area contributed by atoms with Gasteiger partial charge in [-0.3, -0.25) is 4.21 Å². The van der Waals surface area contributed by atoms with E-state index in [1.807, 2.05) is 67.2 Å². The van der Waals surface area contributed by atoms with Crippen molar-refractivity contribution in [3.63, 3.8) is 0 Å². The summed E-state index contributed by atoms with van der Waals surface area (Å²) in [5.74, 6) is 0.531. The Morgan fingerprint density at radius 1 is 1.19 bits per heavy atom. The molecule has 0 aliphatic rings. The van der Waals surface area contributed by atoms with Crippen LogP contribution in [0.4, 0.5) is 0 Å². The summed E-state index contributed by atoms with van der Waals surface area (Å²) in [7, 11) is 1.04. The number of guanidine groups is 1. The van der Waals surface area contributed by atoms with Crippen LogP contribution in [0.3, 0.4) is 0 Å². The van der Waals surface area contributed by atoms with Gasteiger partial charge in [0.05, 0.1) is 29.0 Å². The Bertz CT molecular complexity index is 1020. The van der Waals surface area contributed by atoms with Crippen molar-refractivity contribution in [3.05, 3.63) is 54.4 Å². The molecule has 2 aromatic heterocycles. The molecule has 7 nitrogen and oxygen atoms in total. The van der Waals surface area contributed by atoms with E-state index in [4.69, 9.17) is 11.5 Å². The van der Waals surface area contributed by atoms with Crippen LogP contribution in [-0.2, 0) is 17.8 Å². The fraction of sp³-hybridized carbons (Fsp3) is 0.167. The smallest absolute Gasteiger partial charge is 0.286 e. The molecule has 0 saturated heterocycles. The van der Waals surface area contributed by atoms with Gasteiger partial charge in [-0.25, -0.2) is 8.97 Å². The Labute approximate surface area is 154 Å². The van der Waals surface area contributed by atoms with E-state index in [0.717, 1.165) is 27.4 Å². The molecule has 134 valence electrons. The monoisotopic (exact) mass is 369 g/mol. The lowest BCUT2D eigenvalue weighted by atomic mass is 10.1. The van der Waals surface area contributed by atoms with Crippen LogP contribution < -0.4 is 15.9 Å². The molecular formula is C18H21N6OS+. The lowest BCUT2D eigenvalue weighted by molar-refractivity contribution is -0.512. The predicted molar refractivity (Wildman–Crippen MR) is 104 cm³/mol. The van der Waals surface area contributed by atoms with Crippen molar-refractivity contribution in [2.75, 3.05) is 5.75 Å². The van der Waals surface area contributed by atoms with Crippen LogP contribution >= 0.6 is 0 Å². The van der Waals surface area contributed by atoms with E-state index < -0.39 is 10.8 Å². The summed E-state index contributed by atoms with van der Waals surface area (Å²) in [6.45, 7) is 1.92. The van der Waals surface area contributed by atoms with Gasteiger partial charge >= 0.3 is 0 Å². The molecule has 0 aliphatic carbocycles. The van der Waals surface area contributed by atoms with E-state index in [9.17, 15) is 4.21 Å². The van der Waals surface area contributed by atoms with Gasteiger partial charge < -0.3 is 11.5 Å². The highest BCUT2D eigenvalue weighted by Crippen LogP contribution is 2.20. The first-order valence-corrected chi connectivity index (χ1v) is 9.43. The molecule has 8 heteroatoms. The van der Waals surface area contributed by atoms with Crippen LogP contribution in [0.1, 0.15) is 12.5 Å². The van der Waals surface area contributed by atoms with Crippen molar-refractivity contribution in [2.24, 2.45) is 28.7 Å². The van der Waals surface area contributed by atoms with E-state index >= 15 is 0 Å². The number of aromatic nitrogens is 2. The SMILES string of the molecule is CCS(=O)c1ccc2n(C)c(-c3ccc(/C=N/N=C(N)N)cc3)c[n+]2c1. The second-order valence-corrected chi connectivity index (χ2v) is 7.47. The Balaban J connectivity index is 1.95. The van der Waals surface area contributed by atoms with Gasteiger partial charge in [-0.05, 0) is 23.8 Å². The van der Waals surface area contributed by atoms with Crippen molar-refractivity contribution in [2.45, 2.75) is 11.8 Å². The molecule has 4 N–H and O–H groups in total. The van der Waals surface area contributed by atoms with Gasteiger partial charge in [0.1, 0.15) is 12.4 Å². The molecule has 0 fully saturated rings. The van der Waals surface area contributed by atoms with Crippen molar-refractivity contribution in [1.29, 1.82) is 0 Å². The number of nitrogens with two attached hydrogens (primary N) is 2. The number of hydrogen-bond donors (Lipinski definition) is 2. The lowest BCUT2D eigenvalue weighted by Gasteiger charge is -1.98. The Hall–Kier alpha value is -3.00. The highest BCUT2D eigenvalue weighted by Gasteiger charge is 2.17. The maximum atomic E-state index is 12.0. The number of benzene rings is 1. The molecule has 0 amide bonds. The van der Waals surface area contributed by atoms with Crippen molar-refractivity contribution < 1.29 is 8.61 Å². The maximum absolute atomic E-state index is 12.0. The fourth-order valence-corrected chi connectivity index (χ4v) is 3.48. The highest BCUT2D eigenvalue weighted by molar-refractivity contribution is 7.85. The van der Waals surface area contributed by atoms with E-state index in [0.29, 0.717) is 5.75 Å². The topological polar surface area (TPSA) is 103 Å². The summed E-state index contributed by atoms with van der Waals surface area (Å²) < 4.78 is 16.1. The Kier molecular flexibility index (Phi) is 5.13. The number of hydrogen-bond acceptors (Lipinski definition) is 3. The summed E-state index contributed by atoms with van der Waals surface area (Å²) >= 11 is 0. The van der Waals surface area contributed by atoms with Gasteiger partial charge in [0.15, 0.2) is 5.69 Å². The van der Waals surface area contributed by atoms with Gasteiger partial charge in [-0.2, -0.15) is 5.10 Å². The fourth-order valence-electron chi connectivity index (χ4n) is 2.69. The highest BCUT2D eigenvalue weighted by atomic mass is 32.2. The van der Waals surface area contributed by atoms with Gasteiger partial charge in [-0.15, -0.1) is 5.10 Å². The standard InChI is InChI=1S/C18H21N6OS/c1-3-26(25)15-8-9-17-23(2)16(12-24(17)11-15)14-6-4-13(5-7-14)10-21-22-18(19)20/h4-12H,3H2,1-2H3,(H4,19,20,22)/q+1/b21-10+. The molecule has 3 rings (SSSR count). The Morgan fingerprint density at radius 3 is 2.58 bits per heavy atom. The lowest BCUT2D eigenvalue weighted by Crippen LogP contribution is -2.21. The average molecular weight is 369 g/mol. The minimum atomic E-state index is -0.971. The molecule has 2 heterocycles. The summed E-state index contributed by atoms with van der Waals surface area (Å²) in [6.07, 6.45) is 5.55. The van der Waals surface area contributed by atoms with E-state index in [-0.39, 0.29) is 5.96 Å². The van der Waals surface area contributed by atoms with Gasteiger partial charge in [0, 0.05) is 17.4 Å². The van der Waals surface area contributed by atoms with Crippen LogP contribution in [0.25, 0.3) is 16.9 Å². The number of aryl methyl sites for hydroxylation is 1. The molecule has 1 aromatic carbocycles. The zero-order valence-corrected chi connectivity index (χ0v) is 15.5. The Morgan fingerprint density at radius 2 is 1.92 bits per heavy atom. The van der Waals surface area contributed by atoms with Crippen LogP contribution in [-0.4, -0.2) is 26.7 Å². The minimum absolute atomic E-state index is 0.0752. The second kappa shape index (κ2) is 7.49. The maximum Gasteiger partial charge on any atom is 0.286 e. The summed E-state index contributed by atoms with van der Waals surface area (Å²) in [5, 5.41) is 7.39. The molecule has 3 aromatic rings. The average Bonchev–Trinajstić information content (AvgIpc) is 2.97. The zero-order valence-electron chi connectivity index (χ0n) is 14.7. The largest absolute Gasteiger partial charge is 0.369 e.